The number of ether oxygens (including phenoxy) is 2. The second-order valence-corrected chi connectivity index (χ2v) is 8.03. The zero-order valence-corrected chi connectivity index (χ0v) is 16.6. The van der Waals surface area contributed by atoms with Gasteiger partial charge in [-0.2, -0.15) is 5.10 Å². The molecule has 9 heteroatoms. The van der Waals surface area contributed by atoms with Gasteiger partial charge in [0.1, 0.15) is 30.2 Å². The largest absolute Gasteiger partial charge is 0.491 e. The van der Waals surface area contributed by atoms with Crippen LogP contribution in [-0.2, 0) is 11.3 Å². The standard InChI is InChI=1S/C20H25N7O2/c1-13(2)27-19(23-12-24-27)16-8-26-5-6-29-17-7-14(3-4-15(17)18(26)25-16)22-9-20(21)10-28-11-20/h3-4,7-8,12-13,22H,5-6,9-11,21H2,1-2H3. The van der Waals surface area contributed by atoms with Crippen molar-refractivity contribution in [2.75, 3.05) is 31.7 Å². The molecule has 0 aliphatic carbocycles. The highest BCUT2D eigenvalue weighted by atomic mass is 16.5. The molecule has 0 atom stereocenters. The van der Waals surface area contributed by atoms with Gasteiger partial charge in [-0.3, -0.25) is 0 Å². The Hall–Kier alpha value is -2.91. The first kappa shape index (κ1) is 18.1. The van der Waals surface area contributed by atoms with Crippen LogP contribution in [0.5, 0.6) is 5.75 Å². The van der Waals surface area contributed by atoms with Crippen molar-refractivity contribution in [2.24, 2.45) is 5.73 Å². The van der Waals surface area contributed by atoms with E-state index in [1.807, 2.05) is 29.1 Å². The van der Waals surface area contributed by atoms with E-state index in [0.717, 1.165) is 40.9 Å². The Balaban J connectivity index is 1.46. The van der Waals surface area contributed by atoms with Crippen molar-refractivity contribution < 1.29 is 9.47 Å². The lowest BCUT2D eigenvalue weighted by Crippen LogP contribution is -2.61. The lowest BCUT2D eigenvalue weighted by Gasteiger charge is -2.38. The molecule has 0 radical (unpaired) electrons. The highest BCUT2D eigenvalue weighted by Crippen LogP contribution is 2.35. The summed E-state index contributed by atoms with van der Waals surface area (Å²) in [5.74, 6) is 2.46. The minimum atomic E-state index is -0.287. The first-order valence-electron chi connectivity index (χ1n) is 9.87. The van der Waals surface area contributed by atoms with Crippen LogP contribution in [0.1, 0.15) is 19.9 Å². The fraction of sp³-hybridized carbons (Fsp3) is 0.450. The number of imidazole rings is 1. The quantitative estimate of drug-likeness (QED) is 0.680. The maximum absolute atomic E-state index is 6.21. The summed E-state index contributed by atoms with van der Waals surface area (Å²) < 4.78 is 15.2. The second kappa shape index (κ2) is 6.85. The molecule has 1 aromatic carbocycles. The number of anilines is 1. The van der Waals surface area contributed by atoms with Crippen LogP contribution in [-0.4, -0.2) is 56.2 Å². The van der Waals surface area contributed by atoms with Crippen molar-refractivity contribution in [3.8, 4) is 28.7 Å². The average Bonchev–Trinajstić information content (AvgIpc) is 3.29. The topological polar surface area (TPSA) is 105 Å². The van der Waals surface area contributed by atoms with Crippen LogP contribution in [0, 0.1) is 0 Å². The van der Waals surface area contributed by atoms with E-state index in [2.05, 4.69) is 33.8 Å². The molecule has 2 aromatic heterocycles. The minimum absolute atomic E-state index is 0.213. The van der Waals surface area contributed by atoms with Gasteiger partial charge >= 0.3 is 0 Å². The summed E-state index contributed by atoms with van der Waals surface area (Å²) in [6.07, 6.45) is 3.60. The van der Waals surface area contributed by atoms with E-state index in [-0.39, 0.29) is 11.6 Å². The third-order valence-corrected chi connectivity index (χ3v) is 5.30. The number of hydrogen-bond acceptors (Lipinski definition) is 7. The highest BCUT2D eigenvalue weighted by molar-refractivity contribution is 5.71. The van der Waals surface area contributed by atoms with Crippen LogP contribution in [0.25, 0.3) is 22.9 Å². The first-order chi connectivity index (χ1) is 14.0. The molecular formula is C20H25N7O2. The first-order valence-corrected chi connectivity index (χ1v) is 9.87. The monoisotopic (exact) mass is 395 g/mol. The van der Waals surface area contributed by atoms with E-state index >= 15 is 0 Å². The van der Waals surface area contributed by atoms with Gasteiger partial charge in [0.15, 0.2) is 5.82 Å². The van der Waals surface area contributed by atoms with Crippen molar-refractivity contribution in [3.05, 3.63) is 30.7 Å². The molecule has 0 bridgehead atoms. The number of nitrogens with one attached hydrogen (secondary N) is 1. The van der Waals surface area contributed by atoms with Gasteiger partial charge in [0, 0.05) is 30.5 Å². The fourth-order valence-corrected chi connectivity index (χ4v) is 3.66. The third kappa shape index (κ3) is 3.26. The molecule has 4 heterocycles. The SMILES string of the molecule is CC(C)n1ncnc1-c1cn2c(n1)-c1ccc(NCC3(N)COC3)cc1OCC2. The van der Waals surface area contributed by atoms with E-state index in [4.69, 9.17) is 20.2 Å². The lowest BCUT2D eigenvalue weighted by atomic mass is 9.99. The Kier molecular flexibility index (Phi) is 4.29. The molecule has 3 aromatic rings. The van der Waals surface area contributed by atoms with Gasteiger partial charge < -0.3 is 25.1 Å². The number of aromatic nitrogens is 5. The minimum Gasteiger partial charge on any atom is -0.491 e. The number of hydrogen-bond donors (Lipinski definition) is 2. The van der Waals surface area contributed by atoms with E-state index in [1.54, 1.807) is 6.33 Å². The molecule has 0 amide bonds. The predicted octanol–water partition coefficient (Wildman–Crippen LogP) is 1.92. The molecule has 1 saturated heterocycles. The summed E-state index contributed by atoms with van der Waals surface area (Å²) in [5.41, 5.74) is 8.68. The molecule has 0 saturated carbocycles. The average molecular weight is 395 g/mol. The van der Waals surface area contributed by atoms with Gasteiger partial charge in [-0.25, -0.2) is 14.6 Å². The van der Waals surface area contributed by atoms with E-state index in [0.29, 0.717) is 26.4 Å². The van der Waals surface area contributed by atoms with Crippen molar-refractivity contribution in [3.63, 3.8) is 0 Å². The van der Waals surface area contributed by atoms with Crippen LogP contribution >= 0.6 is 0 Å². The summed E-state index contributed by atoms with van der Waals surface area (Å²) in [5, 5.41) is 7.72. The summed E-state index contributed by atoms with van der Waals surface area (Å²) in [4.78, 5) is 9.30. The molecule has 2 aliphatic heterocycles. The number of benzene rings is 1. The molecule has 1 fully saturated rings. The van der Waals surface area contributed by atoms with Crippen molar-refractivity contribution >= 4 is 5.69 Å². The third-order valence-electron chi connectivity index (χ3n) is 5.30. The molecule has 9 nitrogen and oxygen atoms in total. The number of fused-ring (bicyclic) bond motifs is 3. The lowest BCUT2D eigenvalue weighted by molar-refractivity contribution is -0.0461. The zero-order valence-electron chi connectivity index (χ0n) is 16.6. The normalized spacial score (nSPS) is 17.1. The molecule has 2 aliphatic rings. The molecule has 0 spiro atoms. The molecule has 5 rings (SSSR count). The summed E-state index contributed by atoms with van der Waals surface area (Å²) in [6, 6.07) is 6.30. The van der Waals surface area contributed by atoms with Crippen LogP contribution in [0.3, 0.4) is 0 Å². The van der Waals surface area contributed by atoms with Crippen molar-refractivity contribution in [1.82, 2.24) is 24.3 Å². The molecule has 3 N–H and O–H groups in total. The maximum atomic E-state index is 6.21. The Morgan fingerprint density at radius 1 is 1.28 bits per heavy atom. The van der Waals surface area contributed by atoms with Gasteiger partial charge in [0.05, 0.1) is 30.9 Å². The smallest absolute Gasteiger partial charge is 0.178 e. The van der Waals surface area contributed by atoms with Gasteiger partial charge in [-0.05, 0) is 26.0 Å². The number of nitrogens with zero attached hydrogens (tertiary/aromatic N) is 5. The van der Waals surface area contributed by atoms with Crippen LogP contribution in [0.4, 0.5) is 5.69 Å². The number of nitrogens with two attached hydrogens (primary N) is 1. The van der Waals surface area contributed by atoms with E-state index in [9.17, 15) is 0 Å². The summed E-state index contributed by atoms with van der Waals surface area (Å²) >= 11 is 0. The molecule has 29 heavy (non-hydrogen) atoms. The Morgan fingerprint density at radius 2 is 2.14 bits per heavy atom. The zero-order chi connectivity index (χ0) is 20.0. The Bertz CT molecular complexity index is 1040. The summed E-state index contributed by atoms with van der Waals surface area (Å²) in [7, 11) is 0. The van der Waals surface area contributed by atoms with Crippen LogP contribution in [0.2, 0.25) is 0 Å². The van der Waals surface area contributed by atoms with Gasteiger partial charge in [-0.15, -0.1) is 0 Å². The molecule has 0 unspecified atom stereocenters. The van der Waals surface area contributed by atoms with Gasteiger partial charge in [0.25, 0.3) is 0 Å². The van der Waals surface area contributed by atoms with Crippen molar-refractivity contribution in [2.45, 2.75) is 32.0 Å². The Labute approximate surface area is 168 Å². The van der Waals surface area contributed by atoms with Crippen LogP contribution in [0.15, 0.2) is 30.7 Å². The molecular weight excluding hydrogens is 370 g/mol. The fourth-order valence-electron chi connectivity index (χ4n) is 3.66. The van der Waals surface area contributed by atoms with Gasteiger partial charge in [0.2, 0.25) is 0 Å². The van der Waals surface area contributed by atoms with E-state index in [1.165, 1.54) is 0 Å². The predicted molar refractivity (Wildman–Crippen MR) is 109 cm³/mol. The highest BCUT2D eigenvalue weighted by Gasteiger charge is 2.33. The van der Waals surface area contributed by atoms with Crippen molar-refractivity contribution in [1.29, 1.82) is 0 Å². The second-order valence-electron chi connectivity index (χ2n) is 8.03. The summed E-state index contributed by atoms with van der Waals surface area (Å²) in [6.45, 7) is 7.29. The van der Waals surface area contributed by atoms with Crippen LogP contribution < -0.4 is 15.8 Å². The number of rotatable bonds is 5. The Morgan fingerprint density at radius 3 is 2.90 bits per heavy atom. The maximum Gasteiger partial charge on any atom is 0.178 e. The van der Waals surface area contributed by atoms with E-state index < -0.39 is 0 Å². The van der Waals surface area contributed by atoms with Gasteiger partial charge in [-0.1, -0.05) is 0 Å². The molecule has 152 valence electrons.